The van der Waals surface area contributed by atoms with E-state index in [0.717, 1.165) is 17.7 Å². The molecule has 1 unspecified atom stereocenters. The van der Waals surface area contributed by atoms with Gasteiger partial charge in [-0.1, -0.05) is 48.5 Å². The van der Waals surface area contributed by atoms with Crippen molar-refractivity contribution in [3.05, 3.63) is 95.1 Å². The summed E-state index contributed by atoms with van der Waals surface area (Å²) >= 11 is 0. The van der Waals surface area contributed by atoms with Crippen molar-refractivity contribution >= 4 is 5.78 Å². The van der Waals surface area contributed by atoms with Gasteiger partial charge in [-0.3, -0.25) is 9.69 Å². The average molecular weight is 495 g/mol. The van der Waals surface area contributed by atoms with Crippen molar-refractivity contribution in [1.82, 2.24) is 4.90 Å². The first-order valence-corrected chi connectivity index (χ1v) is 10.5. The van der Waals surface area contributed by atoms with Crippen LogP contribution in [0.4, 0.5) is 26.3 Å². The molecule has 0 aliphatic carbocycles. The molecule has 0 fully saturated rings. The van der Waals surface area contributed by atoms with Crippen molar-refractivity contribution in [2.75, 3.05) is 6.54 Å². The Morgan fingerprint density at radius 2 is 1.46 bits per heavy atom. The van der Waals surface area contributed by atoms with Gasteiger partial charge >= 0.3 is 12.7 Å². The maximum Gasteiger partial charge on any atom is 0.573 e. The Bertz CT molecular complexity index is 1210. The third-order valence-corrected chi connectivity index (χ3v) is 5.50. The van der Waals surface area contributed by atoms with E-state index in [1.54, 1.807) is 23.1 Å². The molecule has 4 nitrogen and oxygen atoms in total. The van der Waals surface area contributed by atoms with E-state index >= 15 is 0 Å². The van der Waals surface area contributed by atoms with Crippen LogP contribution in [0.2, 0.25) is 0 Å². The number of hydrogen-bond donors (Lipinski definition) is 0. The number of halogens is 6. The fraction of sp³-hybridized carbons (Fsp3) is 0.240. The first-order valence-electron chi connectivity index (χ1n) is 10.5. The quantitative estimate of drug-likeness (QED) is 0.291. The molecule has 0 radical (unpaired) electrons. The summed E-state index contributed by atoms with van der Waals surface area (Å²) < 4.78 is 83.8. The molecular weight excluding hydrogens is 476 g/mol. The molecule has 1 aliphatic rings. The van der Waals surface area contributed by atoms with E-state index < -0.39 is 30.3 Å². The Hall–Kier alpha value is -3.53. The minimum absolute atomic E-state index is 0.0209. The number of benzene rings is 3. The third-order valence-electron chi connectivity index (χ3n) is 5.50. The fourth-order valence-electron chi connectivity index (χ4n) is 4.18. The molecule has 1 heterocycles. The number of hydrogen-bond acceptors (Lipinski definition) is 4. The number of ether oxygens (including phenoxy) is 2. The Morgan fingerprint density at radius 1 is 0.829 bits per heavy atom. The lowest BCUT2D eigenvalue weighted by Gasteiger charge is -2.36. The zero-order chi connectivity index (χ0) is 25.2. The summed E-state index contributed by atoms with van der Waals surface area (Å²) in [6, 6.07) is 16.6. The van der Waals surface area contributed by atoms with Gasteiger partial charge in [0.2, 0.25) is 0 Å². The summed E-state index contributed by atoms with van der Waals surface area (Å²) in [7, 11) is 0. The summed E-state index contributed by atoms with van der Waals surface area (Å²) in [5.74, 6) is -1.35. The summed E-state index contributed by atoms with van der Waals surface area (Å²) in [5.41, 5.74) is 2.11. The maximum atomic E-state index is 13.6. The van der Waals surface area contributed by atoms with Crippen molar-refractivity contribution in [3.63, 3.8) is 0 Å². The van der Waals surface area contributed by atoms with Crippen LogP contribution in [0.3, 0.4) is 0 Å². The van der Waals surface area contributed by atoms with Gasteiger partial charge in [0, 0.05) is 18.7 Å². The molecule has 3 aromatic carbocycles. The fourth-order valence-corrected chi connectivity index (χ4v) is 4.18. The van der Waals surface area contributed by atoms with Crippen LogP contribution in [0.25, 0.3) is 0 Å². The molecule has 0 saturated heterocycles. The lowest BCUT2D eigenvalue weighted by Crippen LogP contribution is -2.39. The lowest BCUT2D eigenvalue weighted by molar-refractivity contribution is -0.275. The highest BCUT2D eigenvalue weighted by Crippen LogP contribution is 2.35. The third kappa shape index (κ3) is 6.33. The molecule has 0 N–H and O–H groups in total. The molecule has 4 rings (SSSR count). The molecule has 0 saturated carbocycles. The number of carbonyl (C=O) groups excluding carboxylic acids is 1. The number of alkyl halides is 6. The second-order valence-electron chi connectivity index (χ2n) is 7.96. The van der Waals surface area contributed by atoms with Crippen molar-refractivity contribution < 1.29 is 40.6 Å². The zero-order valence-corrected chi connectivity index (χ0v) is 18.1. The zero-order valence-electron chi connectivity index (χ0n) is 18.1. The molecule has 3 aromatic rings. The lowest BCUT2D eigenvalue weighted by atomic mass is 9.87. The minimum Gasteiger partial charge on any atom is -0.406 e. The number of rotatable bonds is 6. The van der Waals surface area contributed by atoms with Crippen LogP contribution in [0.15, 0.2) is 72.8 Å². The van der Waals surface area contributed by atoms with E-state index in [1.165, 1.54) is 30.3 Å². The number of fused-ring (bicyclic) bond motifs is 1. The highest BCUT2D eigenvalue weighted by Gasteiger charge is 2.35. The van der Waals surface area contributed by atoms with E-state index in [2.05, 4.69) is 9.47 Å². The van der Waals surface area contributed by atoms with Crippen LogP contribution >= 0.6 is 0 Å². The molecule has 1 aliphatic heterocycles. The van der Waals surface area contributed by atoms with Crippen LogP contribution < -0.4 is 9.47 Å². The van der Waals surface area contributed by atoms with E-state index in [0.29, 0.717) is 24.1 Å². The van der Waals surface area contributed by atoms with Gasteiger partial charge in [0.1, 0.15) is 11.5 Å². The molecule has 35 heavy (non-hydrogen) atoms. The molecule has 184 valence electrons. The predicted molar refractivity (Wildman–Crippen MR) is 114 cm³/mol. The van der Waals surface area contributed by atoms with Gasteiger partial charge in [0.05, 0.1) is 6.04 Å². The number of ketones is 1. The van der Waals surface area contributed by atoms with Crippen molar-refractivity contribution in [3.8, 4) is 11.5 Å². The van der Waals surface area contributed by atoms with E-state index in [1.807, 2.05) is 12.1 Å². The predicted octanol–water partition coefficient (Wildman–Crippen LogP) is 6.47. The van der Waals surface area contributed by atoms with Gasteiger partial charge in [-0.2, -0.15) is 0 Å². The largest absolute Gasteiger partial charge is 0.573 e. The monoisotopic (exact) mass is 495 g/mol. The van der Waals surface area contributed by atoms with Crippen molar-refractivity contribution in [2.24, 2.45) is 0 Å². The SMILES string of the molecule is O=C(c1cccc(OC(F)(F)F)c1)C1c2ccccc2CCN1Cc1cccc(OC(F)(F)F)c1. The van der Waals surface area contributed by atoms with Gasteiger partial charge in [-0.05, 0) is 47.4 Å². The van der Waals surface area contributed by atoms with Gasteiger partial charge in [-0.25, -0.2) is 0 Å². The molecule has 0 amide bonds. The molecule has 0 aromatic heterocycles. The molecule has 10 heteroatoms. The van der Waals surface area contributed by atoms with Gasteiger partial charge < -0.3 is 9.47 Å². The van der Waals surface area contributed by atoms with Gasteiger partial charge in [0.25, 0.3) is 0 Å². The maximum absolute atomic E-state index is 13.6. The minimum atomic E-state index is -4.91. The first kappa shape index (κ1) is 24.6. The van der Waals surface area contributed by atoms with Crippen molar-refractivity contribution in [2.45, 2.75) is 31.7 Å². The smallest absolute Gasteiger partial charge is 0.406 e. The van der Waals surface area contributed by atoms with Crippen LogP contribution in [0, 0.1) is 0 Å². The number of nitrogens with zero attached hydrogens (tertiary/aromatic N) is 1. The number of carbonyl (C=O) groups is 1. The highest BCUT2D eigenvalue weighted by molar-refractivity contribution is 6.01. The summed E-state index contributed by atoms with van der Waals surface area (Å²) in [6.45, 7) is 0.537. The van der Waals surface area contributed by atoms with Crippen LogP contribution in [-0.2, 0) is 13.0 Å². The van der Waals surface area contributed by atoms with Crippen molar-refractivity contribution in [1.29, 1.82) is 0 Å². The van der Waals surface area contributed by atoms with E-state index in [4.69, 9.17) is 0 Å². The molecule has 0 spiro atoms. The standard InChI is InChI=1S/C25H19F6NO3/c26-24(27,28)34-19-8-3-5-16(13-19)15-32-12-11-17-6-1-2-10-21(17)22(32)23(33)18-7-4-9-20(14-18)35-25(29,30)31/h1-10,13-14,22H,11-12,15H2. The molecular formula is C25H19F6NO3. The summed E-state index contributed by atoms with van der Waals surface area (Å²) in [5, 5.41) is 0. The Labute approximate surface area is 196 Å². The summed E-state index contributed by atoms with van der Waals surface area (Å²) in [6.07, 6.45) is -9.16. The van der Waals surface area contributed by atoms with Crippen LogP contribution in [0.5, 0.6) is 11.5 Å². The highest BCUT2D eigenvalue weighted by atomic mass is 19.4. The van der Waals surface area contributed by atoms with Crippen LogP contribution in [0.1, 0.15) is 33.1 Å². The number of Topliss-reactive ketones (excluding diaryl/α,β-unsaturated/α-hetero) is 1. The van der Waals surface area contributed by atoms with Gasteiger partial charge in [0.15, 0.2) is 5.78 Å². The van der Waals surface area contributed by atoms with E-state index in [9.17, 15) is 31.1 Å². The first-order chi connectivity index (χ1) is 16.5. The second-order valence-corrected chi connectivity index (χ2v) is 7.96. The Balaban J connectivity index is 1.66. The molecule has 0 bridgehead atoms. The van der Waals surface area contributed by atoms with Gasteiger partial charge in [-0.15, -0.1) is 26.3 Å². The normalized spacial score (nSPS) is 16.5. The average Bonchev–Trinajstić information content (AvgIpc) is 2.77. The summed E-state index contributed by atoms with van der Waals surface area (Å²) in [4.78, 5) is 15.4. The molecule has 1 atom stereocenters. The Morgan fingerprint density at radius 3 is 2.14 bits per heavy atom. The topological polar surface area (TPSA) is 38.8 Å². The van der Waals surface area contributed by atoms with Crippen LogP contribution in [-0.4, -0.2) is 30.0 Å². The Kier molecular flexibility index (Phi) is 6.75. The second kappa shape index (κ2) is 9.61. The van der Waals surface area contributed by atoms with E-state index in [-0.39, 0.29) is 17.9 Å².